The van der Waals surface area contributed by atoms with E-state index in [-0.39, 0.29) is 35.2 Å². The minimum absolute atomic E-state index is 0.140. The van der Waals surface area contributed by atoms with E-state index in [1.165, 1.54) is 6.92 Å². The van der Waals surface area contributed by atoms with Gasteiger partial charge in [-0.2, -0.15) is 0 Å². The van der Waals surface area contributed by atoms with Crippen LogP contribution in [-0.2, 0) is 28.2 Å². The lowest BCUT2D eigenvalue weighted by molar-refractivity contribution is -0.175. The van der Waals surface area contributed by atoms with Gasteiger partial charge < -0.3 is 18.9 Å². The fourth-order valence-electron chi connectivity index (χ4n) is 6.31. The van der Waals surface area contributed by atoms with Gasteiger partial charge in [0.25, 0.3) is 5.16 Å². The van der Waals surface area contributed by atoms with Crippen LogP contribution in [0.2, 0.25) is 0 Å². The van der Waals surface area contributed by atoms with Crippen LogP contribution < -0.4 is 0 Å². The Labute approximate surface area is 224 Å². The molecule has 0 spiro atoms. The number of esters is 2. The molecular weight excluding hydrogens is 495 g/mol. The minimum atomic E-state index is -4.80. The molecule has 10 heteroatoms. The standard InChI is InChI=1S/C27H51N2O7P/c1-13-27(37(32,33)34-14-2,21(30)35-19-15-23(3,4)28(11)24(5,6)16-19)22(31)36-20-17-25(7,8)29(12)26(9,10)18-20/h19-20H,13-18H2,1-12H3,(H,32,33). The maximum absolute atomic E-state index is 13.8. The summed E-state index contributed by atoms with van der Waals surface area (Å²) in [6.07, 6.45) is 0.747. The third-order valence-electron chi connectivity index (χ3n) is 9.06. The van der Waals surface area contributed by atoms with E-state index in [0.29, 0.717) is 25.7 Å². The van der Waals surface area contributed by atoms with Gasteiger partial charge >= 0.3 is 19.5 Å². The molecule has 9 nitrogen and oxygen atoms in total. The maximum atomic E-state index is 13.8. The molecule has 0 aromatic carbocycles. The van der Waals surface area contributed by atoms with Crippen molar-refractivity contribution in [3.8, 4) is 0 Å². The molecule has 0 saturated carbocycles. The van der Waals surface area contributed by atoms with Crippen LogP contribution in [0.5, 0.6) is 0 Å². The molecule has 2 fully saturated rings. The first-order valence-electron chi connectivity index (χ1n) is 13.5. The van der Waals surface area contributed by atoms with Gasteiger partial charge in [-0.1, -0.05) is 6.92 Å². The number of carbonyl (C=O) groups is 2. The summed E-state index contributed by atoms with van der Waals surface area (Å²) in [5, 5.41) is -2.46. The molecule has 0 aromatic heterocycles. The Hall–Kier alpha value is -0.990. The molecule has 1 N–H and O–H groups in total. The van der Waals surface area contributed by atoms with Gasteiger partial charge in [0.1, 0.15) is 12.2 Å². The average molecular weight is 547 g/mol. The molecule has 2 aliphatic rings. The van der Waals surface area contributed by atoms with E-state index in [1.807, 2.05) is 14.1 Å². The SMILES string of the molecule is CCOP(=O)(O)C(CC)(C(=O)OC1CC(C)(C)N(C)C(C)(C)C1)C(=O)OC1CC(C)(C)N(C)C(C)(C)C1. The highest BCUT2D eigenvalue weighted by molar-refractivity contribution is 7.57. The lowest BCUT2D eigenvalue weighted by atomic mass is 9.78. The first kappa shape index (κ1) is 32.2. The molecule has 0 amide bonds. The average Bonchev–Trinajstić information content (AvgIpc) is 2.69. The maximum Gasteiger partial charge on any atom is 0.356 e. The summed E-state index contributed by atoms with van der Waals surface area (Å²) in [4.78, 5) is 43.2. The Morgan fingerprint density at radius 3 is 1.32 bits per heavy atom. The van der Waals surface area contributed by atoms with E-state index in [1.54, 1.807) is 6.92 Å². The number of rotatable bonds is 8. The first-order chi connectivity index (χ1) is 16.6. The van der Waals surface area contributed by atoms with E-state index in [0.717, 1.165) is 0 Å². The van der Waals surface area contributed by atoms with Crippen LogP contribution in [0.4, 0.5) is 0 Å². The van der Waals surface area contributed by atoms with Crippen molar-refractivity contribution >= 4 is 19.5 Å². The second-order valence-electron chi connectivity index (χ2n) is 13.4. The highest BCUT2D eigenvalue weighted by Gasteiger charge is 2.64. The summed E-state index contributed by atoms with van der Waals surface area (Å²) >= 11 is 0. The summed E-state index contributed by atoms with van der Waals surface area (Å²) < 4.78 is 30.6. The van der Waals surface area contributed by atoms with Crippen LogP contribution in [0, 0.1) is 0 Å². The van der Waals surface area contributed by atoms with Crippen molar-refractivity contribution in [2.75, 3.05) is 20.7 Å². The van der Waals surface area contributed by atoms with Crippen LogP contribution >= 0.6 is 7.60 Å². The zero-order valence-corrected chi connectivity index (χ0v) is 26.0. The van der Waals surface area contributed by atoms with Crippen LogP contribution in [-0.4, -0.2) is 86.9 Å². The monoisotopic (exact) mass is 546 g/mol. The molecule has 0 aliphatic carbocycles. The van der Waals surface area contributed by atoms with Gasteiger partial charge in [0.15, 0.2) is 0 Å². The van der Waals surface area contributed by atoms with Gasteiger partial charge in [0, 0.05) is 47.8 Å². The molecule has 2 aliphatic heterocycles. The van der Waals surface area contributed by atoms with Crippen molar-refractivity contribution in [3.63, 3.8) is 0 Å². The molecule has 2 heterocycles. The fraction of sp³-hybridized carbons (Fsp3) is 0.926. The summed E-state index contributed by atoms with van der Waals surface area (Å²) in [7, 11) is -0.734. The lowest BCUT2D eigenvalue weighted by Gasteiger charge is -2.53. The van der Waals surface area contributed by atoms with Crippen molar-refractivity contribution in [3.05, 3.63) is 0 Å². The van der Waals surface area contributed by atoms with E-state index in [9.17, 15) is 19.0 Å². The second-order valence-corrected chi connectivity index (χ2v) is 15.5. The topological polar surface area (TPSA) is 106 Å². The predicted octanol–water partition coefficient (Wildman–Crippen LogP) is 4.75. The van der Waals surface area contributed by atoms with Gasteiger partial charge in [-0.25, -0.2) is 0 Å². The fourth-order valence-corrected chi connectivity index (χ4v) is 7.85. The van der Waals surface area contributed by atoms with E-state index >= 15 is 0 Å². The third kappa shape index (κ3) is 6.11. The number of hydrogen-bond acceptors (Lipinski definition) is 8. The first-order valence-corrected chi connectivity index (χ1v) is 15.0. The highest BCUT2D eigenvalue weighted by atomic mass is 31.2. The molecule has 0 bridgehead atoms. The van der Waals surface area contributed by atoms with Crippen molar-refractivity contribution in [2.24, 2.45) is 0 Å². The zero-order chi connectivity index (χ0) is 28.8. The number of carbonyl (C=O) groups excluding carboxylic acids is 2. The molecule has 37 heavy (non-hydrogen) atoms. The van der Waals surface area contributed by atoms with Crippen LogP contribution in [0.1, 0.15) is 101 Å². The van der Waals surface area contributed by atoms with E-state index in [4.69, 9.17) is 14.0 Å². The molecule has 0 radical (unpaired) electrons. The lowest BCUT2D eigenvalue weighted by Crippen LogP contribution is -2.62. The number of likely N-dealkylation sites (tertiary alicyclic amines) is 2. The number of hydrogen-bond donors (Lipinski definition) is 1. The minimum Gasteiger partial charge on any atom is -0.461 e. The molecular formula is C27H51N2O7P. The quantitative estimate of drug-likeness (QED) is 0.262. The third-order valence-corrected chi connectivity index (χ3v) is 11.3. The van der Waals surface area contributed by atoms with E-state index < -0.39 is 36.9 Å². The van der Waals surface area contributed by atoms with Gasteiger partial charge in [-0.15, -0.1) is 0 Å². The van der Waals surface area contributed by atoms with Gasteiger partial charge in [0.05, 0.1) is 6.61 Å². The molecule has 0 aromatic rings. The summed E-state index contributed by atoms with van der Waals surface area (Å²) in [6, 6.07) is 0. The van der Waals surface area contributed by atoms with Crippen LogP contribution in [0.25, 0.3) is 0 Å². The summed E-state index contributed by atoms with van der Waals surface area (Å²) in [5.74, 6) is -2.10. The Morgan fingerprint density at radius 1 is 0.784 bits per heavy atom. The Kier molecular flexibility index (Phi) is 9.17. The molecule has 216 valence electrons. The number of ether oxygens (including phenoxy) is 2. The van der Waals surface area contributed by atoms with Gasteiger partial charge in [0.2, 0.25) is 0 Å². The van der Waals surface area contributed by atoms with Crippen molar-refractivity contribution in [2.45, 2.75) is 141 Å². The van der Waals surface area contributed by atoms with Crippen molar-refractivity contribution in [1.82, 2.24) is 9.80 Å². The Morgan fingerprint density at radius 2 is 1.08 bits per heavy atom. The number of piperidine rings is 2. The molecule has 1 unspecified atom stereocenters. The summed E-state index contributed by atoms with van der Waals surface area (Å²) in [6.45, 7) is 19.5. The summed E-state index contributed by atoms with van der Waals surface area (Å²) in [5.41, 5.74) is -1.13. The molecule has 2 saturated heterocycles. The molecule has 2 rings (SSSR count). The smallest absolute Gasteiger partial charge is 0.356 e. The molecule has 1 atom stereocenters. The van der Waals surface area contributed by atoms with Crippen molar-refractivity contribution < 1.29 is 33.0 Å². The van der Waals surface area contributed by atoms with E-state index in [2.05, 4.69) is 65.2 Å². The number of nitrogens with zero attached hydrogens (tertiary/aromatic N) is 2. The normalized spacial score (nSPS) is 26.3. The van der Waals surface area contributed by atoms with Crippen LogP contribution in [0.3, 0.4) is 0 Å². The van der Waals surface area contributed by atoms with Crippen LogP contribution in [0.15, 0.2) is 0 Å². The van der Waals surface area contributed by atoms with Gasteiger partial charge in [-0.3, -0.25) is 24.0 Å². The highest BCUT2D eigenvalue weighted by Crippen LogP contribution is 2.59. The zero-order valence-electron chi connectivity index (χ0n) is 25.1. The Balaban J connectivity index is 2.43. The second kappa shape index (κ2) is 10.5. The largest absolute Gasteiger partial charge is 0.461 e. The van der Waals surface area contributed by atoms with Gasteiger partial charge in [-0.05, 0) is 82.8 Å². The van der Waals surface area contributed by atoms with Crippen molar-refractivity contribution in [1.29, 1.82) is 0 Å². The predicted molar refractivity (Wildman–Crippen MR) is 145 cm³/mol. The Bertz CT molecular complexity index is 822.